The van der Waals surface area contributed by atoms with E-state index in [9.17, 15) is 5.11 Å². The minimum Gasteiger partial charge on any atom is -0.390 e. The first kappa shape index (κ1) is 15.5. The zero-order chi connectivity index (χ0) is 14.8. The maximum atomic E-state index is 10.7. The maximum absolute atomic E-state index is 10.7. The fourth-order valence-corrected chi connectivity index (χ4v) is 3.26. The molecule has 0 aliphatic heterocycles. The van der Waals surface area contributed by atoms with Gasteiger partial charge in [0.1, 0.15) is 0 Å². The summed E-state index contributed by atoms with van der Waals surface area (Å²) in [5.41, 5.74) is 2.48. The topological polar surface area (TPSA) is 29.5 Å². The van der Waals surface area contributed by atoms with Crippen LogP contribution in [0.1, 0.15) is 50.7 Å². The molecule has 0 bridgehead atoms. The molecular formula is C18H28O2. The largest absolute Gasteiger partial charge is 0.390 e. The number of aryl methyl sites for hydroxylation is 1. The highest BCUT2D eigenvalue weighted by Crippen LogP contribution is 2.43. The van der Waals surface area contributed by atoms with Crippen LogP contribution in [0, 0.1) is 12.3 Å². The van der Waals surface area contributed by atoms with Crippen molar-refractivity contribution in [3.05, 3.63) is 35.4 Å². The van der Waals surface area contributed by atoms with Crippen LogP contribution in [0.2, 0.25) is 0 Å². The molecule has 0 aromatic heterocycles. The Morgan fingerprint density at radius 2 is 1.75 bits per heavy atom. The Morgan fingerprint density at radius 1 is 1.15 bits per heavy atom. The van der Waals surface area contributed by atoms with Gasteiger partial charge in [0.05, 0.1) is 11.7 Å². The number of aliphatic hydroxyl groups excluding tert-OH is 1. The van der Waals surface area contributed by atoms with Crippen LogP contribution in [0.4, 0.5) is 0 Å². The molecule has 0 amide bonds. The average Bonchev–Trinajstić information content (AvgIpc) is 2.42. The minimum absolute atomic E-state index is 0.363. The molecule has 1 saturated carbocycles. The number of hydrogen-bond donors (Lipinski definition) is 1. The number of rotatable bonds is 4. The molecule has 1 aromatic rings. The number of aliphatic hydroxyl groups is 1. The Hall–Kier alpha value is -0.860. The fraction of sp³-hybridized carbons (Fsp3) is 0.667. The Balaban J connectivity index is 2.10. The van der Waals surface area contributed by atoms with Crippen molar-refractivity contribution in [1.82, 2.24) is 0 Å². The number of benzene rings is 1. The van der Waals surface area contributed by atoms with Crippen molar-refractivity contribution in [2.24, 2.45) is 5.41 Å². The summed E-state index contributed by atoms with van der Waals surface area (Å²) < 4.78 is 5.80. The summed E-state index contributed by atoms with van der Waals surface area (Å²) in [6, 6.07) is 8.29. The van der Waals surface area contributed by atoms with Gasteiger partial charge >= 0.3 is 0 Å². The fourth-order valence-electron chi connectivity index (χ4n) is 3.26. The van der Waals surface area contributed by atoms with Crippen LogP contribution < -0.4 is 0 Å². The SMILES string of the molecule is COC1(C(O)Cc2ccccc2C)CCC(C)(C)CC1. The normalized spacial score (nSPS) is 22.4. The third kappa shape index (κ3) is 3.24. The van der Waals surface area contributed by atoms with Gasteiger partial charge < -0.3 is 9.84 Å². The van der Waals surface area contributed by atoms with Crippen molar-refractivity contribution in [2.45, 2.75) is 64.6 Å². The van der Waals surface area contributed by atoms with Gasteiger partial charge in [0, 0.05) is 13.5 Å². The first-order valence-corrected chi connectivity index (χ1v) is 7.66. The van der Waals surface area contributed by atoms with E-state index in [1.807, 2.05) is 12.1 Å². The highest BCUT2D eigenvalue weighted by atomic mass is 16.5. The van der Waals surface area contributed by atoms with Gasteiger partial charge in [-0.15, -0.1) is 0 Å². The molecule has 1 unspecified atom stereocenters. The van der Waals surface area contributed by atoms with Crippen LogP contribution in [-0.4, -0.2) is 23.9 Å². The van der Waals surface area contributed by atoms with E-state index < -0.39 is 6.10 Å². The molecule has 20 heavy (non-hydrogen) atoms. The number of hydrogen-bond acceptors (Lipinski definition) is 2. The number of methoxy groups -OCH3 is 1. The Bertz CT molecular complexity index is 440. The van der Waals surface area contributed by atoms with Gasteiger partial charge in [0.2, 0.25) is 0 Å². The zero-order valence-corrected chi connectivity index (χ0v) is 13.3. The Morgan fingerprint density at radius 3 is 2.30 bits per heavy atom. The molecule has 2 heteroatoms. The van der Waals surface area contributed by atoms with Crippen molar-refractivity contribution in [1.29, 1.82) is 0 Å². The molecule has 0 spiro atoms. The predicted octanol–water partition coefficient (Wildman–Crippen LogP) is 3.88. The lowest BCUT2D eigenvalue weighted by Gasteiger charge is -2.45. The molecule has 1 aliphatic carbocycles. The van der Waals surface area contributed by atoms with E-state index in [1.165, 1.54) is 11.1 Å². The zero-order valence-electron chi connectivity index (χ0n) is 13.3. The molecule has 1 atom stereocenters. The molecule has 1 N–H and O–H groups in total. The second-order valence-electron chi connectivity index (χ2n) is 7.08. The summed E-state index contributed by atoms with van der Waals surface area (Å²) in [4.78, 5) is 0. The molecule has 112 valence electrons. The van der Waals surface area contributed by atoms with Crippen LogP contribution in [0.5, 0.6) is 0 Å². The van der Waals surface area contributed by atoms with E-state index in [2.05, 4.69) is 32.9 Å². The Kier molecular flexibility index (Phi) is 4.55. The summed E-state index contributed by atoms with van der Waals surface area (Å²) in [6.07, 6.45) is 4.38. The van der Waals surface area contributed by atoms with Crippen molar-refractivity contribution < 1.29 is 9.84 Å². The van der Waals surface area contributed by atoms with E-state index in [4.69, 9.17) is 4.74 Å². The highest BCUT2D eigenvalue weighted by molar-refractivity contribution is 5.26. The summed E-state index contributed by atoms with van der Waals surface area (Å²) in [7, 11) is 1.75. The summed E-state index contributed by atoms with van der Waals surface area (Å²) in [6.45, 7) is 6.71. The molecular weight excluding hydrogens is 248 g/mol. The molecule has 0 heterocycles. The van der Waals surface area contributed by atoms with Gasteiger partial charge in [0.15, 0.2) is 0 Å². The lowest BCUT2D eigenvalue weighted by molar-refractivity contribution is -0.135. The van der Waals surface area contributed by atoms with Crippen LogP contribution in [0.15, 0.2) is 24.3 Å². The molecule has 1 aromatic carbocycles. The molecule has 2 rings (SSSR count). The molecule has 0 saturated heterocycles. The smallest absolute Gasteiger partial charge is 0.0940 e. The first-order chi connectivity index (χ1) is 9.38. The lowest BCUT2D eigenvalue weighted by atomic mass is 9.68. The first-order valence-electron chi connectivity index (χ1n) is 7.66. The standard InChI is InChI=1S/C18H28O2/c1-14-7-5-6-8-15(14)13-16(19)18(20-4)11-9-17(2,3)10-12-18/h5-8,16,19H,9-13H2,1-4H3. The van der Waals surface area contributed by atoms with Gasteiger partial charge in [-0.2, -0.15) is 0 Å². The monoisotopic (exact) mass is 276 g/mol. The van der Waals surface area contributed by atoms with Crippen molar-refractivity contribution in [3.63, 3.8) is 0 Å². The molecule has 2 nitrogen and oxygen atoms in total. The number of ether oxygens (including phenoxy) is 1. The van der Waals surface area contributed by atoms with Gasteiger partial charge in [-0.05, 0) is 49.1 Å². The minimum atomic E-state index is -0.426. The second-order valence-corrected chi connectivity index (χ2v) is 7.08. The van der Waals surface area contributed by atoms with Crippen LogP contribution in [0.3, 0.4) is 0 Å². The lowest BCUT2D eigenvalue weighted by Crippen LogP contribution is -2.49. The summed E-state index contributed by atoms with van der Waals surface area (Å²) >= 11 is 0. The Labute approximate surface area is 123 Å². The third-order valence-corrected chi connectivity index (χ3v) is 5.14. The van der Waals surface area contributed by atoms with Crippen molar-refractivity contribution in [3.8, 4) is 0 Å². The van der Waals surface area contributed by atoms with Gasteiger partial charge in [-0.25, -0.2) is 0 Å². The summed E-state index contributed by atoms with van der Waals surface area (Å²) in [5, 5.41) is 10.7. The molecule has 1 aliphatic rings. The van der Waals surface area contributed by atoms with E-state index in [0.29, 0.717) is 11.8 Å². The van der Waals surface area contributed by atoms with E-state index in [1.54, 1.807) is 7.11 Å². The van der Waals surface area contributed by atoms with Crippen LogP contribution >= 0.6 is 0 Å². The van der Waals surface area contributed by atoms with Gasteiger partial charge in [-0.3, -0.25) is 0 Å². The molecule has 1 fully saturated rings. The van der Waals surface area contributed by atoms with E-state index in [-0.39, 0.29) is 5.60 Å². The van der Waals surface area contributed by atoms with Crippen molar-refractivity contribution >= 4 is 0 Å². The van der Waals surface area contributed by atoms with Gasteiger partial charge in [-0.1, -0.05) is 38.1 Å². The van der Waals surface area contributed by atoms with E-state index >= 15 is 0 Å². The highest BCUT2D eigenvalue weighted by Gasteiger charge is 2.43. The van der Waals surface area contributed by atoms with Crippen LogP contribution in [-0.2, 0) is 11.2 Å². The van der Waals surface area contributed by atoms with Crippen LogP contribution in [0.25, 0.3) is 0 Å². The quantitative estimate of drug-likeness (QED) is 0.904. The average molecular weight is 276 g/mol. The van der Waals surface area contributed by atoms with Gasteiger partial charge in [0.25, 0.3) is 0 Å². The predicted molar refractivity (Wildman–Crippen MR) is 82.9 cm³/mol. The summed E-state index contributed by atoms with van der Waals surface area (Å²) in [5.74, 6) is 0. The van der Waals surface area contributed by atoms with Crippen molar-refractivity contribution in [2.75, 3.05) is 7.11 Å². The second kappa shape index (κ2) is 5.87. The maximum Gasteiger partial charge on any atom is 0.0940 e. The molecule has 0 radical (unpaired) electrons. The van der Waals surface area contributed by atoms with E-state index in [0.717, 1.165) is 25.7 Å². The third-order valence-electron chi connectivity index (χ3n) is 5.14.